The van der Waals surface area contributed by atoms with Crippen molar-refractivity contribution in [3.8, 4) is 5.75 Å². The Kier molecular flexibility index (Phi) is 7.02. The number of anilines is 1. The van der Waals surface area contributed by atoms with Gasteiger partial charge in [-0.25, -0.2) is 9.59 Å². The van der Waals surface area contributed by atoms with Gasteiger partial charge in [0, 0.05) is 0 Å². The summed E-state index contributed by atoms with van der Waals surface area (Å²) in [6.07, 6.45) is 0. The van der Waals surface area contributed by atoms with E-state index in [-0.39, 0.29) is 0 Å². The first-order chi connectivity index (χ1) is 12.5. The highest BCUT2D eigenvalue weighted by Crippen LogP contribution is 2.20. The third kappa shape index (κ3) is 5.51. The van der Waals surface area contributed by atoms with E-state index < -0.39 is 12.0 Å². The van der Waals surface area contributed by atoms with Gasteiger partial charge in [0.25, 0.3) is 0 Å². The maximum absolute atomic E-state index is 12.0. The molecule has 0 aliphatic rings. The quantitative estimate of drug-likeness (QED) is 0.584. The number of urea groups is 1. The van der Waals surface area contributed by atoms with E-state index in [2.05, 4.69) is 30.5 Å². The van der Waals surface area contributed by atoms with Crippen LogP contribution in [-0.2, 0) is 4.74 Å². The molecule has 2 aromatic rings. The Morgan fingerprint density at radius 2 is 1.85 bits per heavy atom. The Hall–Kier alpha value is -3.02. The summed E-state index contributed by atoms with van der Waals surface area (Å²) in [6.45, 7) is 4.92. The number of hydrogen-bond acceptors (Lipinski definition) is 4. The van der Waals surface area contributed by atoms with Gasteiger partial charge in [-0.2, -0.15) is 0 Å². The van der Waals surface area contributed by atoms with E-state index in [9.17, 15) is 9.59 Å². The molecule has 0 unspecified atom stereocenters. The molecular formula is C20H24N2O4. The van der Waals surface area contributed by atoms with Crippen LogP contribution < -0.4 is 15.4 Å². The lowest BCUT2D eigenvalue weighted by Gasteiger charge is -2.12. The monoisotopic (exact) mass is 356 g/mol. The fraction of sp³-hybridized carbons (Fsp3) is 0.300. The normalized spacial score (nSPS) is 10.3. The molecule has 138 valence electrons. The van der Waals surface area contributed by atoms with Crippen molar-refractivity contribution in [2.45, 2.75) is 19.8 Å². The zero-order valence-corrected chi connectivity index (χ0v) is 15.2. The van der Waals surface area contributed by atoms with Crippen molar-refractivity contribution < 1.29 is 19.1 Å². The molecule has 0 aromatic heterocycles. The fourth-order valence-electron chi connectivity index (χ4n) is 2.34. The minimum absolute atomic E-state index is 0.298. The predicted octanol–water partition coefficient (Wildman–Crippen LogP) is 3.80. The molecular weight excluding hydrogens is 332 g/mol. The standard InChI is InChI=1S/C20H24N2O4/c1-14(2)15-7-6-8-16(13-15)26-12-11-21-20(24)22-18-10-5-4-9-17(18)19(23)25-3/h4-10,13-14H,11-12H2,1-3H3,(H2,21,22,24). The molecule has 2 amide bonds. The zero-order valence-electron chi connectivity index (χ0n) is 15.2. The smallest absolute Gasteiger partial charge is 0.339 e. The molecule has 0 atom stereocenters. The van der Waals surface area contributed by atoms with Crippen LogP contribution in [0.2, 0.25) is 0 Å². The fourth-order valence-corrected chi connectivity index (χ4v) is 2.34. The summed E-state index contributed by atoms with van der Waals surface area (Å²) < 4.78 is 10.4. The molecule has 0 aliphatic carbocycles. The van der Waals surface area contributed by atoms with Crippen molar-refractivity contribution in [1.82, 2.24) is 5.32 Å². The second-order valence-corrected chi connectivity index (χ2v) is 5.99. The van der Waals surface area contributed by atoms with Crippen LogP contribution in [0.5, 0.6) is 5.75 Å². The van der Waals surface area contributed by atoms with Crippen molar-refractivity contribution in [3.63, 3.8) is 0 Å². The molecule has 0 saturated heterocycles. The largest absolute Gasteiger partial charge is 0.492 e. The van der Waals surface area contributed by atoms with Crippen LogP contribution in [-0.4, -0.2) is 32.3 Å². The predicted molar refractivity (Wildman–Crippen MR) is 101 cm³/mol. The third-order valence-electron chi connectivity index (χ3n) is 3.76. The SMILES string of the molecule is COC(=O)c1ccccc1NC(=O)NCCOc1cccc(C(C)C)c1. The number of rotatable bonds is 7. The molecule has 0 bridgehead atoms. The number of esters is 1. The number of nitrogens with one attached hydrogen (secondary N) is 2. The molecule has 0 heterocycles. The van der Waals surface area contributed by atoms with Crippen LogP contribution in [0, 0.1) is 0 Å². The molecule has 0 spiro atoms. The first-order valence-electron chi connectivity index (χ1n) is 8.46. The van der Waals surface area contributed by atoms with Crippen molar-refractivity contribution >= 4 is 17.7 Å². The molecule has 0 saturated carbocycles. The summed E-state index contributed by atoms with van der Waals surface area (Å²) in [6, 6.07) is 14.1. The van der Waals surface area contributed by atoms with Crippen molar-refractivity contribution in [2.24, 2.45) is 0 Å². The van der Waals surface area contributed by atoms with Crippen molar-refractivity contribution in [3.05, 3.63) is 59.7 Å². The summed E-state index contributed by atoms with van der Waals surface area (Å²) in [5.74, 6) is 0.695. The number of carbonyl (C=O) groups is 2. The summed E-state index contributed by atoms with van der Waals surface area (Å²) in [5, 5.41) is 5.34. The maximum Gasteiger partial charge on any atom is 0.339 e. The zero-order chi connectivity index (χ0) is 18.9. The van der Waals surface area contributed by atoms with Crippen LogP contribution in [0.1, 0.15) is 35.7 Å². The summed E-state index contributed by atoms with van der Waals surface area (Å²) in [5.41, 5.74) is 1.89. The molecule has 6 heteroatoms. The first-order valence-corrected chi connectivity index (χ1v) is 8.46. The third-order valence-corrected chi connectivity index (χ3v) is 3.76. The first kappa shape index (κ1) is 19.3. The lowest BCUT2D eigenvalue weighted by atomic mass is 10.0. The Bertz CT molecular complexity index is 759. The Labute approximate surface area is 153 Å². The number of methoxy groups -OCH3 is 1. The van der Waals surface area contributed by atoms with Crippen molar-refractivity contribution in [2.75, 3.05) is 25.6 Å². The molecule has 6 nitrogen and oxygen atoms in total. The van der Waals surface area contributed by atoms with Gasteiger partial charge < -0.3 is 20.1 Å². The minimum atomic E-state index is -0.505. The number of ether oxygens (including phenoxy) is 2. The number of amides is 2. The van der Waals surface area contributed by atoms with Gasteiger partial charge in [-0.1, -0.05) is 38.1 Å². The lowest BCUT2D eigenvalue weighted by molar-refractivity contribution is 0.0602. The second kappa shape index (κ2) is 9.46. The summed E-state index contributed by atoms with van der Waals surface area (Å²) >= 11 is 0. The topological polar surface area (TPSA) is 76.7 Å². The summed E-state index contributed by atoms with van der Waals surface area (Å²) in [4.78, 5) is 23.7. The van der Waals surface area contributed by atoms with Crippen LogP contribution in [0.3, 0.4) is 0 Å². The Balaban J connectivity index is 1.81. The van der Waals surface area contributed by atoms with Gasteiger partial charge in [0.15, 0.2) is 0 Å². The molecule has 2 rings (SSSR count). The van der Waals surface area contributed by atoms with Gasteiger partial charge >= 0.3 is 12.0 Å². The second-order valence-electron chi connectivity index (χ2n) is 5.99. The van der Waals surface area contributed by atoms with Gasteiger partial charge in [0.2, 0.25) is 0 Å². The van der Waals surface area contributed by atoms with Gasteiger partial charge in [0.1, 0.15) is 12.4 Å². The van der Waals surface area contributed by atoms with Crippen LogP contribution in [0.4, 0.5) is 10.5 Å². The van der Waals surface area contributed by atoms with E-state index in [1.807, 2.05) is 18.2 Å². The Morgan fingerprint density at radius 1 is 1.08 bits per heavy atom. The highest BCUT2D eigenvalue weighted by molar-refractivity contribution is 6.00. The summed E-state index contributed by atoms with van der Waals surface area (Å²) in [7, 11) is 1.30. The van der Waals surface area contributed by atoms with E-state index >= 15 is 0 Å². The van der Waals surface area contributed by atoms with Gasteiger partial charge in [0.05, 0.1) is 24.9 Å². The average Bonchev–Trinajstić information content (AvgIpc) is 2.65. The van der Waals surface area contributed by atoms with Gasteiger partial charge in [-0.3, -0.25) is 0 Å². The van der Waals surface area contributed by atoms with Crippen LogP contribution in [0.15, 0.2) is 48.5 Å². The maximum atomic E-state index is 12.0. The Morgan fingerprint density at radius 3 is 2.58 bits per heavy atom. The molecule has 2 N–H and O–H groups in total. The number of carbonyl (C=O) groups excluding carboxylic acids is 2. The van der Waals surface area contributed by atoms with Crippen LogP contribution in [0.25, 0.3) is 0 Å². The average molecular weight is 356 g/mol. The van der Waals surface area contributed by atoms with Crippen LogP contribution >= 0.6 is 0 Å². The number of benzene rings is 2. The molecule has 2 aromatic carbocycles. The van der Waals surface area contributed by atoms with E-state index in [0.717, 1.165) is 5.75 Å². The minimum Gasteiger partial charge on any atom is -0.492 e. The molecule has 0 radical (unpaired) electrons. The molecule has 26 heavy (non-hydrogen) atoms. The van der Waals surface area contributed by atoms with Gasteiger partial charge in [-0.15, -0.1) is 0 Å². The lowest BCUT2D eigenvalue weighted by Crippen LogP contribution is -2.32. The van der Waals surface area contributed by atoms with Crippen molar-refractivity contribution in [1.29, 1.82) is 0 Å². The van der Waals surface area contributed by atoms with E-state index in [4.69, 9.17) is 9.47 Å². The van der Waals surface area contributed by atoms with Gasteiger partial charge in [-0.05, 0) is 35.7 Å². The molecule has 0 fully saturated rings. The van der Waals surface area contributed by atoms with E-state index in [1.165, 1.54) is 12.7 Å². The number of hydrogen-bond donors (Lipinski definition) is 2. The molecule has 0 aliphatic heterocycles. The highest BCUT2D eigenvalue weighted by atomic mass is 16.5. The highest BCUT2D eigenvalue weighted by Gasteiger charge is 2.12. The van der Waals surface area contributed by atoms with E-state index in [1.54, 1.807) is 24.3 Å². The van der Waals surface area contributed by atoms with E-state index in [0.29, 0.717) is 30.3 Å². The number of para-hydroxylation sites is 1.